The van der Waals surface area contributed by atoms with Crippen LogP contribution in [0.2, 0.25) is 4.47 Å². The Kier molecular flexibility index (Phi) is 3.64. The van der Waals surface area contributed by atoms with E-state index in [-0.39, 0.29) is 0 Å². The van der Waals surface area contributed by atoms with E-state index in [1.165, 1.54) is 16.0 Å². The number of rotatable bonds is 2. The van der Waals surface area contributed by atoms with Gasteiger partial charge in [-0.2, -0.15) is 0 Å². The molecule has 0 bridgehead atoms. The highest BCUT2D eigenvalue weighted by molar-refractivity contribution is 7.15. The number of halogens is 1. The van der Waals surface area contributed by atoms with Crippen LogP contribution in [0.1, 0.15) is 16.0 Å². The van der Waals surface area contributed by atoms with Crippen LogP contribution >= 0.6 is 22.9 Å². The number of nitrogens with zero attached hydrogens (tertiary/aromatic N) is 2. The van der Waals surface area contributed by atoms with Gasteiger partial charge in [-0.25, -0.2) is 4.98 Å². The van der Waals surface area contributed by atoms with Crippen LogP contribution in [-0.4, -0.2) is 23.0 Å². The molecule has 0 fully saturated rings. The van der Waals surface area contributed by atoms with Gasteiger partial charge in [0.1, 0.15) is 0 Å². The molecule has 0 N–H and O–H groups in total. The Morgan fingerprint density at radius 2 is 1.83 bits per heavy atom. The van der Waals surface area contributed by atoms with Crippen molar-refractivity contribution in [2.75, 3.05) is 13.1 Å². The standard InChI is InChI=1S/C14H15ClN2S/c15-14-16-9-13(18-14)10-17-7-5-11-3-1-2-4-12(11)6-8-17/h1-4,9H,5-8,10H2. The molecule has 1 aliphatic heterocycles. The molecule has 0 radical (unpaired) electrons. The van der Waals surface area contributed by atoms with Crippen LogP contribution in [-0.2, 0) is 19.4 Å². The zero-order valence-corrected chi connectivity index (χ0v) is 11.7. The first-order valence-corrected chi connectivity index (χ1v) is 7.40. The van der Waals surface area contributed by atoms with E-state index in [2.05, 4.69) is 34.1 Å². The van der Waals surface area contributed by atoms with Crippen molar-refractivity contribution in [1.82, 2.24) is 9.88 Å². The van der Waals surface area contributed by atoms with E-state index in [0.29, 0.717) is 4.47 Å². The Hall–Kier alpha value is -0.900. The molecule has 0 unspecified atom stereocenters. The van der Waals surface area contributed by atoms with Gasteiger partial charge in [-0.05, 0) is 24.0 Å². The monoisotopic (exact) mass is 278 g/mol. The molecule has 3 rings (SSSR count). The van der Waals surface area contributed by atoms with E-state index in [4.69, 9.17) is 11.6 Å². The maximum atomic E-state index is 5.87. The third-order valence-electron chi connectivity index (χ3n) is 3.42. The summed E-state index contributed by atoms with van der Waals surface area (Å²) in [4.78, 5) is 7.85. The topological polar surface area (TPSA) is 16.1 Å². The molecule has 2 heterocycles. The van der Waals surface area contributed by atoms with E-state index in [1.807, 2.05) is 6.20 Å². The van der Waals surface area contributed by atoms with Gasteiger partial charge >= 0.3 is 0 Å². The number of aromatic nitrogens is 1. The Morgan fingerprint density at radius 1 is 1.17 bits per heavy atom. The lowest BCUT2D eigenvalue weighted by Crippen LogP contribution is -2.25. The third-order valence-corrected chi connectivity index (χ3v) is 4.52. The SMILES string of the molecule is Clc1ncc(CN2CCc3ccccc3CC2)s1. The van der Waals surface area contributed by atoms with Crippen LogP contribution in [0, 0.1) is 0 Å². The molecule has 18 heavy (non-hydrogen) atoms. The van der Waals surface area contributed by atoms with E-state index < -0.39 is 0 Å². The van der Waals surface area contributed by atoms with Crippen molar-refractivity contribution >= 4 is 22.9 Å². The van der Waals surface area contributed by atoms with E-state index >= 15 is 0 Å². The summed E-state index contributed by atoms with van der Waals surface area (Å²) in [5, 5.41) is 0. The molecule has 0 saturated carbocycles. The fourth-order valence-corrected chi connectivity index (χ4v) is 3.47. The summed E-state index contributed by atoms with van der Waals surface area (Å²) < 4.78 is 0.642. The second-order valence-electron chi connectivity index (χ2n) is 4.62. The first kappa shape index (κ1) is 12.2. The average molecular weight is 279 g/mol. The summed E-state index contributed by atoms with van der Waals surface area (Å²) in [6, 6.07) is 8.78. The predicted molar refractivity (Wildman–Crippen MR) is 76.3 cm³/mol. The summed E-state index contributed by atoms with van der Waals surface area (Å²) in [6.07, 6.45) is 4.18. The van der Waals surface area contributed by atoms with Gasteiger partial charge in [0.05, 0.1) is 0 Å². The molecule has 1 aliphatic rings. The number of benzene rings is 1. The smallest absolute Gasteiger partial charge is 0.183 e. The zero-order chi connectivity index (χ0) is 12.4. The third kappa shape index (κ3) is 2.74. The lowest BCUT2D eigenvalue weighted by molar-refractivity contribution is 0.281. The van der Waals surface area contributed by atoms with E-state index in [9.17, 15) is 0 Å². The Bertz CT molecular complexity index is 511. The summed E-state index contributed by atoms with van der Waals surface area (Å²) in [6.45, 7) is 3.21. The van der Waals surface area contributed by atoms with Crippen LogP contribution < -0.4 is 0 Å². The molecule has 4 heteroatoms. The van der Waals surface area contributed by atoms with Crippen LogP contribution in [0.25, 0.3) is 0 Å². The number of hydrogen-bond acceptors (Lipinski definition) is 3. The maximum absolute atomic E-state index is 5.87. The van der Waals surface area contributed by atoms with Crippen molar-refractivity contribution in [2.45, 2.75) is 19.4 Å². The molecular formula is C14H15ClN2S. The van der Waals surface area contributed by atoms with Crippen LogP contribution in [0.15, 0.2) is 30.5 Å². The first-order chi connectivity index (χ1) is 8.81. The minimum absolute atomic E-state index is 0.642. The molecule has 1 aromatic carbocycles. The fraction of sp³-hybridized carbons (Fsp3) is 0.357. The summed E-state index contributed by atoms with van der Waals surface area (Å²) in [5.74, 6) is 0. The Labute approximate surface area is 116 Å². The van der Waals surface area contributed by atoms with Gasteiger partial charge in [-0.15, -0.1) is 11.3 Å². The molecule has 0 atom stereocenters. The van der Waals surface area contributed by atoms with Gasteiger partial charge in [0, 0.05) is 30.7 Å². The van der Waals surface area contributed by atoms with Gasteiger partial charge in [-0.1, -0.05) is 35.9 Å². The van der Waals surface area contributed by atoms with Crippen molar-refractivity contribution in [3.63, 3.8) is 0 Å². The molecule has 0 amide bonds. The van der Waals surface area contributed by atoms with Gasteiger partial charge in [-0.3, -0.25) is 4.90 Å². The van der Waals surface area contributed by atoms with E-state index in [0.717, 1.165) is 32.5 Å². The molecule has 1 aromatic heterocycles. The molecule has 94 valence electrons. The zero-order valence-electron chi connectivity index (χ0n) is 10.1. The van der Waals surface area contributed by atoms with Crippen LogP contribution in [0.4, 0.5) is 0 Å². The van der Waals surface area contributed by atoms with Crippen molar-refractivity contribution in [3.8, 4) is 0 Å². The number of hydrogen-bond donors (Lipinski definition) is 0. The number of thiazole rings is 1. The molecule has 2 aromatic rings. The summed E-state index contributed by atoms with van der Waals surface area (Å²) in [5.41, 5.74) is 3.00. The highest BCUT2D eigenvalue weighted by atomic mass is 35.5. The van der Waals surface area contributed by atoms with Crippen molar-refractivity contribution < 1.29 is 0 Å². The van der Waals surface area contributed by atoms with Gasteiger partial charge in [0.15, 0.2) is 4.47 Å². The molecule has 0 aliphatic carbocycles. The second kappa shape index (κ2) is 5.39. The molecule has 0 saturated heterocycles. The minimum Gasteiger partial charge on any atom is -0.298 e. The largest absolute Gasteiger partial charge is 0.298 e. The van der Waals surface area contributed by atoms with Crippen molar-refractivity contribution in [3.05, 3.63) is 50.9 Å². The highest BCUT2D eigenvalue weighted by Gasteiger charge is 2.14. The molecule has 0 spiro atoms. The van der Waals surface area contributed by atoms with Gasteiger partial charge < -0.3 is 0 Å². The maximum Gasteiger partial charge on any atom is 0.183 e. The second-order valence-corrected chi connectivity index (χ2v) is 6.32. The van der Waals surface area contributed by atoms with E-state index in [1.54, 1.807) is 11.3 Å². The average Bonchev–Trinajstić information content (AvgIpc) is 2.68. The van der Waals surface area contributed by atoms with Crippen molar-refractivity contribution in [1.29, 1.82) is 0 Å². The fourth-order valence-electron chi connectivity index (χ4n) is 2.45. The quantitative estimate of drug-likeness (QED) is 0.837. The predicted octanol–water partition coefficient (Wildman–Crippen LogP) is 3.40. The Balaban J connectivity index is 1.68. The minimum atomic E-state index is 0.642. The lowest BCUT2D eigenvalue weighted by atomic mass is 10.0. The number of fused-ring (bicyclic) bond motifs is 1. The van der Waals surface area contributed by atoms with Crippen molar-refractivity contribution in [2.24, 2.45) is 0 Å². The van der Waals surface area contributed by atoms with Gasteiger partial charge in [0.2, 0.25) is 0 Å². The van der Waals surface area contributed by atoms with Crippen LogP contribution in [0.3, 0.4) is 0 Å². The normalized spacial score (nSPS) is 16.3. The summed E-state index contributed by atoms with van der Waals surface area (Å²) in [7, 11) is 0. The Morgan fingerprint density at radius 3 is 2.39 bits per heavy atom. The molecule has 2 nitrogen and oxygen atoms in total. The first-order valence-electron chi connectivity index (χ1n) is 6.20. The highest BCUT2D eigenvalue weighted by Crippen LogP contribution is 2.21. The molecular weight excluding hydrogens is 264 g/mol. The summed E-state index contributed by atoms with van der Waals surface area (Å²) >= 11 is 7.46. The lowest BCUT2D eigenvalue weighted by Gasteiger charge is -2.18. The van der Waals surface area contributed by atoms with Crippen LogP contribution in [0.5, 0.6) is 0 Å². The van der Waals surface area contributed by atoms with Gasteiger partial charge in [0.25, 0.3) is 0 Å².